The number of quaternary nitrogens is 1. The van der Waals surface area contributed by atoms with Crippen molar-refractivity contribution in [2.45, 2.75) is 50.1 Å². The number of thiazole rings is 1. The highest BCUT2D eigenvalue weighted by atomic mass is 35.5. The van der Waals surface area contributed by atoms with Crippen LogP contribution in [-0.2, 0) is 46.7 Å². The number of amides is 4. The van der Waals surface area contributed by atoms with E-state index in [1.807, 2.05) is 53.4 Å². The Morgan fingerprint density at radius 3 is 2.35 bits per heavy atom. The highest BCUT2D eigenvalue weighted by Crippen LogP contribution is 2.44. The molecule has 72 heavy (non-hydrogen) atoms. The molecule has 0 unspecified atom stereocenters. The zero-order chi connectivity index (χ0) is 51.1. The largest absolute Gasteiger partial charge is 0.539 e. The number of aromatic nitrogens is 1. The van der Waals surface area contributed by atoms with Gasteiger partial charge in [0, 0.05) is 23.1 Å². The van der Waals surface area contributed by atoms with Crippen molar-refractivity contribution in [3.05, 3.63) is 110 Å². The van der Waals surface area contributed by atoms with Crippen LogP contribution in [0.4, 0.5) is 0 Å². The van der Waals surface area contributed by atoms with Crippen molar-refractivity contribution in [2.75, 3.05) is 59.2 Å². The predicted octanol–water partition coefficient (Wildman–Crippen LogP) is 1.48. The maximum Gasteiger partial charge on any atom is 0.353 e. The molecule has 0 aliphatic carbocycles. The van der Waals surface area contributed by atoms with Gasteiger partial charge in [0.2, 0.25) is 6.41 Å². The molecule has 2 bridgehead atoms. The molecule has 1 aromatic heterocycles. The van der Waals surface area contributed by atoms with E-state index < -0.39 is 48.5 Å². The molecule has 8 rings (SSSR count). The second-order valence-electron chi connectivity index (χ2n) is 17.3. The van der Waals surface area contributed by atoms with Crippen LogP contribution in [0.25, 0.3) is 0 Å². The van der Waals surface area contributed by atoms with Crippen LogP contribution in [0.5, 0.6) is 23.0 Å². The summed E-state index contributed by atoms with van der Waals surface area (Å²) in [7, 11) is 3.53. The minimum absolute atomic E-state index is 0.109. The molecule has 20 nitrogen and oxygen atoms in total. The van der Waals surface area contributed by atoms with Crippen LogP contribution in [0.1, 0.15) is 38.6 Å². The lowest BCUT2D eigenvalue weighted by Gasteiger charge is -2.50. The lowest BCUT2D eigenvalue weighted by molar-refractivity contribution is -0.916. The summed E-state index contributed by atoms with van der Waals surface area (Å²) in [6, 6.07) is 17.0. The Morgan fingerprint density at radius 2 is 1.72 bits per heavy atom. The minimum Gasteiger partial charge on any atom is -0.539 e. The Morgan fingerprint density at radius 1 is 1.03 bits per heavy atom. The number of thioether (sulfide) groups is 1. The van der Waals surface area contributed by atoms with Gasteiger partial charge in [-0.05, 0) is 54.4 Å². The zero-order valence-electron chi connectivity index (χ0n) is 39.8. The van der Waals surface area contributed by atoms with Gasteiger partial charge < -0.3 is 58.3 Å². The van der Waals surface area contributed by atoms with Gasteiger partial charge in [0.25, 0.3) is 17.7 Å². The normalized spacial score (nSPS) is 20.6. The van der Waals surface area contributed by atoms with Gasteiger partial charge in [-0.3, -0.25) is 24.1 Å². The van der Waals surface area contributed by atoms with Crippen molar-refractivity contribution < 1.29 is 66.7 Å². The van der Waals surface area contributed by atoms with Crippen molar-refractivity contribution in [3.8, 4) is 23.0 Å². The van der Waals surface area contributed by atoms with E-state index in [-0.39, 0.29) is 65.1 Å². The van der Waals surface area contributed by atoms with Gasteiger partial charge in [-0.25, -0.2) is 9.78 Å². The van der Waals surface area contributed by atoms with Crippen LogP contribution >= 0.6 is 34.7 Å². The standard InChI is InChI=1S/C47H50B2ClN7O13S2/c1-26-52-34(24-71-26)38(54-70-36(18-51-25-58)42(59)49-64)43(60)53-39-45(62)56-40(47(63)69-48)29(23-72-46(39)56)19-57-16-14-30(20-57)55(15-17-57)44(61)33-12-13-35(67-21-27-4-8-31(65-2)9-5-27)41(37(33)50)68-22-28-6-10-32(66-3)11-7-28/h4-13,24-25,30,36,39,46,49,64H,14-23,48H2,1-3H3,(H-,51,53,58,60)/p+1/b54-38-/t30-,36-,39+,46+,57-/m0/s1. The quantitative estimate of drug-likeness (QED) is 0.0253. The van der Waals surface area contributed by atoms with Crippen LogP contribution in [-0.4, -0.2) is 164 Å². The third-order valence-corrected chi connectivity index (χ3v) is 15.4. The van der Waals surface area contributed by atoms with E-state index in [1.165, 1.54) is 36.0 Å². The van der Waals surface area contributed by atoms with Crippen molar-refractivity contribution in [2.24, 2.45) is 5.16 Å². The third-order valence-electron chi connectivity index (χ3n) is 12.9. The van der Waals surface area contributed by atoms with Crippen molar-refractivity contribution in [1.29, 1.82) is 0 Å². The average Bonchev–Trinajstić information content (AvgIpc) is 3.98. The topological polar surface area (TPSA) is 234 Å². The van der Waals surface area contributed by atoms with E-state index in [4.69, 9.17) is 40.0 Å². The average molecular weight is 1040 g/mol. The first-order chi connectivity index (χ1) is 34.8. The first-order valence-corrected chi connectivity index (χ1v) is 25.1. The number of halogens is 1. The van der Waals surface area contributed by atoms with Crippen LogP contribution < -0.4 is 29.6 Å². The fourth-order valence-electron chi connectivity index (χ4n) is 9.13. The molecule has 3 aromatic carbocycles. The lowest BCUT2D eigenvalue weighted by Crippen LogP contribution is -2.71. The number of methoxy groups -OCH3 is 2. The summed E-state index contributed by atoms with van der Waals surface area (Å²) < 4.78 is 29.0. The highest BCUT2D eigenvalue weighted by Gasteiger charge is 2.56. The van der Waals surface area contributed by atoms with Crippen LogP contribution in [0.3, 0.4) is 0 Å². The van der Waals surface area contributed by atoms with Crippen LogP contribution in [0, 0.1) is 6.92 Å². The third kappa shape index (κ3) is 11.1. The molecule has 0 radical (unpaired) electrons. The van der Waals surface area contributed by atoms with Gasteiger partial charge in [-0.1, -0.05) is 41.0 Å². The number of aryl methyl sites for hydroxylation is 1. The maximum atomic E-state index is 14.5. The van der Waals surface area contributed by atoms with Gasteiger partial charge in [0.15, 0.2) is 29.0 Å². The van der Waals surface area contributed by atoms with E-state index in [0.717, 1.165) is 11.1 Å². The predicted molar refractivity (Wildman–Crippen MR) is 269 cm³/mol. The zero-order valence-corrected chi connectivity index (χ0v) is 42.2. The minimum atomic E-state index is -1.41. The van der Waals surface area contributed by atoms with E-state index in [9.17, 15) is 33.8 Å². The molecule has 5 heterocycles. The highest BCUT2D eigenvalue weighted by molar-refractivity contribution is 8.00. The van der Waals surface area contributed by atoms with Gasteiger partial charge in [-0.2, -0.15) is 0 Å². The number of nitrogens with zero attached hydrogens (tertiary/aromatic N) is 5. The lowest BCUT2D eigenvalue weighted by atomic mass is 9.89. The van der Waals surface area contributed by atoms with E-state index in [1.54, 1.807) is 38.7 Å². The molecule has 0 spiro atoms. The smallest absolute Gasteiger partial charge is 0.353 e. The van der Waals surface area contributed by atoms with Crippen molar-refractivity contribution in [1.82, 2.24) is 25.4 Å². The molecule has 5 atom stereocenters. The summed E-state index contributed by atoms with van der Waals surface area (Å²) in [5.74, 6) is 0.0486. The number of hydrogen-bond donors (Lipinski definition) is 3. The number of piperazine rings is 1. The van der Waals surface area contributed by atoms with Gasteiger partial charge >= 0.3 is 21.5 Å². The number of oxime groups is 1. The Kier molecular flexibility index (Phi) is 16.4. The number of β-lactam (4-membered cyclic amide) rings is 1. The molecule has 3 fully saturated rings. The summed E-state index contributed by atoms with van der Waals surface area (Å²) in [6.45, 7) is 4.45. The molecule has 25 heteroatoms. The summed E-state index contributed by atoms with van der Waals surface area (Å²) in [6.07, 6.45) is -0.383. The van der Waals surface area contributed by atoms with E-state index in [0.29, 0.717) is 83.6 Å². The second kappa shape index (κ2) is 22.9. The van der Waals surface area contributed by atoms with E-state index in [2.05, 4.69) is 20.8 Å². The number of ether oxygens (including phenoxy) is 4. The molecule has 4 aromatic rings. The Hall–Kier alpha value is -6.59. The van der Waals surface area contributed by atoms with Crippen LogP contribution in [0.15, 0.2) is 82.5 Å². The number of nitrogens with one attached hydrogen (secondary N) is 2. The summed E-state index contributed by atoms with van der Waals surface area (Å²) >= 11 is 9.72. The first-order valence-electron chi connectivity index (χ1n) is 22.8. The number of fused-ring (bicyclic) bond motifs is 3. The van der Waals surface area contributed by atoms with Gasteiger partial charge in [0.1, 0.15) is 54.1 Å². The van der Waals surface area contributed by atoms with E-state index >= 15 is 0 Å². The molecule has 3 N–H and O–H groups in total. The number of benzene rings is 3. The SMILES string of the molecule is BOC(=O)C1=C(C[N@@+]23CC[C@@H](C2)N(C(=O)c2ccc(OCc4ccc(OC)cc4)c(OCc4ccc(OC)cc4)c2Cl)CC3)CS[C@@H]2[C@H](NC(=O)/C(=N\O[C@@H](CNC=O)C(=O)BO)c3csc(C)n3)C(=O)N12. The maximum absolute atomic E-state index is 14.5. The molecule has 4 aliphatic heterocycles. The molecule has 4 aliphatic rings. The Bertz CT molecular complexity index is 2790. The van der Waals surface area contributed by atoms with Crippen LogP contribution in [0.2, 0.25) is 5.02 Å². The fourth-order valence-corrected chi connectivity index (χ4v) is 11.4. The second-order valence-corrected chi connectivity index (χ2v) is 19.9. The molecule has 3 saturated heterocycles. The molecule has 0 saturated carbocycles. The fraction of sp³-hybridized carbons (Fsp3) is 0.362. The molecule has 4 amide bonds. The Balaban J connectivity index is 0.963. The number of carbonyl (C=O) groups is 6. The summed E-state index contributed by atoms with van der Waals surface area (Å²) in [5, 5.41) is 19.9. The van der Waals surface area contributed by atoms with Gasteiger partial charge in [-0.15, -0.1) is 23.1 Å². The number of carbonyl (C=O) groups excluding carboxylic acids is 6. The number of rotatable bonds is 22. The van der Waals surface area contributed by atoms with Crippen molar-refractivity contribution in [3.63, 3.8) is 0 Å². The molecular formula is C47H51B2ClN7O13S2+. The van der Waals surface area contributed by atoms with Crippen molar-refractivity contribution >= 4 is 91.7 Å². The summed E-state index contributed by atoms with van der Waals surface area (Å²) in [5.41, 5.74) is 1.81. The molecular weight excluding hydrogens is 992 g/mol. The summed E-state index contributed by atoms with van der Waals surface area (Å²) in [4.78, 5) is 92.0. The molecule has 376 valence electrons. The monoisotopic (exact) mass is 1040 g/mol. The number of hydrogen-bond acceptors (Lipinski definition) is 17. The Labute approximate surface area is 429 Å². The first kappa shape index (κ1) is 51.8. The van der Waals surface area contributed by atoms with Gasteiger partial charge in [0.05, 0.1) is 68.6 Å².